The lowest BCUT2D eigenvalue weighted by molar-refractivity contribution is 0.0830. The van der Waals surface area contributed by atoms with Crippen LogP contribution >= 0.6 is 0 Å². The van der Waals surface area contributed by atoms with Crippen LogP contribution in [0.5, 0.6) is 0 Å². The molecule has 15 heavy (non-hydrogen) atoms. The normalized spacial score (nSPS) is 28.0. The molecule has 0 aromatic heterocycles. The predicted octanol–water partition coefficient (Wildman–Crippen LogP) is 1.29. The third-order valence-electron chi connectivity index (χ3n) is 3.36. The molecule has 1 aliphatic rings. The van der Waals surface area contributed by atoms with E-state index < -0.39 is 0 Å². The predicted molar refractivity (Wildman–Crippen MR) is 61.7 cm³/mol. The van der Waals surface area contributed by atoms with Gasteiger partial charge in [-0.1, -0.05) is 26.7 Å². The smallest absolute Gasteiger partial charge is 0.0693 e. The molecular weight excluding hydrogens is 190 g/mol. The van der Waals surface area contributed by atoms with Crippen molar-refractivity contribution in [1.82, 2.24) is 5.32 Å². The molecular formula is C12H25NO2. The number of hydrogen-bond acceptors (Lipinski definition) is 3. The Morgan fingerprint density at radius 2 is 1.93 bits per heavy atom. The van der Waals surface area contributed by atoms with Crippen molar-refractivity contribution in [2.45, 2.75) is 58.1 Å². The number of rotatable bonds is 5. The number of aliphatic hydroxyl groups is 2. The largest absolute Gasteiger partial charge is 0.396 e. The summed E-state index contributed by atoms with van der Waals surface area (Å²) in [6, 6.07) is 0.261. The fraction of sp³-hybridized carbons (Fsp3) is 1.00. The zero-order chi connectivity index (χ0) is 11.3. The second kappa shape index (κ2) is 5.83. The number of hydrogen-bond donors (Lipinski definition) is 3. The van der Waals surface area contributed by atoms with Gasteiger partial charge in [-0.05, 0) is 24.7 Å². The quantitative estimate of drug-likeness (QED) is 0.648. The summed E-state index contributed by atoms with van der Waals surface area (Å²) in [7, 11) is 0. The average molecular weight is 215 g/mol. The van der Waals surface area contributed by atoms with Gasteiger partial charge in [-0.25, -0.2) is 0 Å². The van der Waals surface area contributed by atoms with Crippen LogP contribution in [-0.2, 0) is 0 Å². The average Bonchev–Trinajstić information content (AvgIpc) is 2.16. The van der Waals surface area contributed by atoms with E-state index >= 15 is 0 Å². The highest BCUT2D eigenvalue weighted by Gasteiger charge is 2.25. The van der Waals surface area contributed by atoms with E-state index in [0.717, 1.165) is 32.2 Å². The van der Waals surface area contributed by atoms with E-state index in [-0.39, 0.29) is 24.2 Å². The van der Waals surface area contributed by atoms with Crippen LogP contribution in [0.2, 0.25) is 0 Å². The van der Waals surface area contributed by atoms with Gasteiger partial charge in [0.2, 0.25) is 0 Å². The molecule has 0 amide bonds. The molecule has 1 rings (SSSR count). The van der Waals surface area contributed by atoms with Gasteiger partial charge in [0.05, 0.1) is 6.10 Å². The monoisotopic (exact) mass is 215 g/mol. The van der Waals surface area contributed by atoms with Gasteiger partial charge in [-0.15, -0.1) is 0 Å². The van der Waals surface area contributed by atoms with Crippen molar-refractivity contribution in [2.24, 2.45) is 5.41 Å². The van der Waals surface area contributed by atoms with Gasteiger partial charge in [0.15, 0.2) is 0 Å². The van der Waals surface area contributed by atoms with Crippen molar-refractivity contribution in [3.63, 3.8) is 0 Å². The summed E-state index contributed by atoms with van der Waals surface area (Å²) in [6.45, 7) is 5.40. The summed E-state index contributed by atoms with van der Waals surface area (Å²) in [5, 5.41) is 22.1. The van der Waals surface area contributed by atoms with Crippen LogP contribution in [0.3, 0.4) is 0 Å². The van der Waals surface area contributed by atoms with Gasteiger partial charge < -0.3 is 15.5 Å². The van der Waals surface area contributed by atoms with Gasteiger partial charge in [-0.3, -0.25) is 0 Å². The Morgan fingerprint density at radius 3 is 2.53 bits per heavy atom. The third kappa shape index (κ3) is 4.49. The highest BCUT2D eigenvalue weighted by Crippen LogP contribution is 2.22. The molecule has 3 nitrogen and oxygen atoms in total. The minimum atomic E-state index is -0.177. The summed E-state index contributed by atoms with van der Waals surface area (Å²) in [5.74, 6) is 0. The van der Waals surface area contributed by atoms with E-state index in [9.17, 15) is 5.11 Å². The van der Waals surface area contributed by atoms with E-state index in [1.165, 1.54) is 6.42 Å². The Hall–Kier alpha value is -0.120. The molecule has 0 aromatic carbocycles. The SMILES string of the molecule is CC(C)(CCO)CNC1CCCCC1O. The van der Waals surface area contributed by atoms with Crippen molar-refractivity contribution >= 4 is 0 Å². The first kappa shape index (κ1) is 12.9. The van der Waals surface area contributed by atoms with Crippen LogP contribution in [0, 0.1) is 5.41 Å². The summed E-state index contributed by atoms with van der Waals surface area (Å²) in [6.07, 6.45) is 5.01. The number of aliphatic hydroxyl groups excluding tert-OH is 2. The molecule has 3 N–H and O–H groups in total. The van der Waals surface area contributed by atoms with Crippen LogP contribution in [-0.4, -0.2) is 35.5 Å². The van der Waals surface area contributed by atoms with Crippen molar-refractivity contribution < 1.29 is 10.2 Å². The standard InChI is InChI=1S/C12H25NO2/c1-12(2,7-8-14)9-13-10-5-3-4-6-11(10)15/h10-11,13-15H,3-9H2,1-2H3. The maximum Gasteiger partial charge on any atom is 0.0693 e. The van der Waals surface area contributed by atoms with Crippen LogP contribution < -0.4 is 5.32 Å². The Kier molecular flexibility index (Phi) is 5.03. The van der Waals surface area contributed by atoms with Gasteiger partial charge in [0.25, 0.3) is 0 Å². The lowest BCUT2D eigenvalue weighted by Gasteiger charge is -2.32. The molecule has 0 heterocycles. The fourth-order valence-electron chi connectivity index (χ4n) is 2.15. The summed E-state index contributed by atoms with van der Waals surface area (Å²) in [5.41, 5.74) is 0.117. The van der Waals surface area contributed by atoms with Gasteiger partial charge in [0.1, 0.15) is 0 Å². The maximum absolute atomic E-state index is 9.78. The molecule has 90 valence electrons. The van der Waals surface area contributed by atoms with E-state index in [1.807, 2.05) is 0 Å². The van der Waals surface area contributed by atoms with Crippen LogP contribution in [0.4, 0.5) is 0 Å². The maximum atomic E-state index is 9.78. The van der Waals surface area contributed by atoms with Crippen LogP contribution in [0.25, 0.3) is 0 Å². The Labute approximate surface area is 92.9 Å². The first-order valence-corrected chi connectivity index (χ1v) is 6.07. The molecule has 0 saturated heterocycles. The minimum Gasteiger partial charge on any atom is -0.396 e. The van der Waals surface area contributed by atoms with E-state index in [1.54, 1.807) is 0 Å². The van der Waals surface area contributed by atoms with Crippen molar-refractivity contribution in [3.05, 3.63) is 0 Å². The van der Waals surface area contributed by atoms with Crippen molar-refractivity contribution in [1.29, 1.82) is 0 Å². The zero-order valence-electron chi connectivity index (χ0n) is 10.00. The summed E-state index contributed by atoms with van der Waals surface area (Å²) >= 11 is 0. The van der Waals surface area contributed by atoms with Gasteiger partial charge in [0, 0.05) is 19.2 Å². The Bertz CT molecular complexity index is 182. The molecule has 0 bridgehead atoms. The molecule has 0 aliphatic heterocycles. The zero-order valence-corrected chi connectivity index (χ0v) is 10.00. The van der Waals surface area contributed by atoms with Crippen LogP contribution in [0.1, 0.15) is 46.0 Å². The van der Waals surface area contributed by atoms with Crippen molar-refractivity contribution in [2.75, 3.05) is 13.2 Å². The Morgan fingerprint density at radius 1 is 1.27 bits per heavy atom. The van der Waals surface area contributed by atoms with E-state index in [2.05, 4.69) is 19.2 Å². The second-order valence-electron chi connectivity index (χ2n) is 5.48. The highest BCUT2D eigenvalue weighted by atomic mass is 16.3. The minimum absolute atomic E-state index is 0.117. The molecule has 0 aromatic rings. The molecule has 3 heteroatoms. The Balaban J connectivity index is 2.28. The second-order valence-corrected chi connectivity index (χ2v) is 5.48. The molecule has 2 atom stereocenters. The molecule has 1 fully saturated rings. The van der Waals surface area contributed by atoms with E-state index in [0.29, 0.717) is 0 Å². The first-order chi connectivity index (χ1) is 7.05. The number of nitrogens with one attached hydrogen (secondary N) is 1. The lowest BCUT2D eigenvalue weighted by atomic mass is 9.87. The van der Waals surface area contributed by atoms with Gasteiger partial charge >= 0.3 is 0 Å². The molecule has 1 aliphatic carbocycles. The van der Waals surface area contributed by atoms with Crippen molar-refractivity contribution in [3.8, 4) is 0 Å². The first-order valence-electron chi connectivity index (χ1n) is 6.07. The molecule has 0 spiro atoms. The lowest BCUT2D eigenvalue weighted by Crippen LogP contribution is -2.45. The third-order valence-corrected chi connectivity index (χ3v) is 3.36. The van der Waals surface area contributed by atoms with Crippen LogP contribution in [0.15, 0.2) is 0 Å². The molecule has 0 radical (unpaired) electrons. The highest BCUT2D eigenvalue weighted by molar-refractivity contribution is 4.83. The summed E-state index contributed by atoms with van der Waals surface area (Å²) < 4.78 is 0. The topological polar surface area (TPSA) is 52.5 Å². The molecule has 1 saturated carbocycles. The van der Waals surface area contributed by atoms with Gasteiger partial charge in [-0.2, -0.15) is 0 Å². The fourth-order valence-corrected chi connectivity index (χ4v) is 2.15. The summed E-state index contributed by atoms with van der Waals surface area (Å²) in [4.78, 5) is 0. The van der Waals surface area contributed by atoms with E-state index in [4.69, 9.17) is 5.11 Å². The molecule has 2 unspecified atom stereocenters.